The van der Waals surface area contributed by atoms with Crippen LogP contribution in [-0.4, -0.2) is 46.3 Å². The molecule has 1 N–H and O–H groups in total. The minimum atomic E-state index is -0.0925. The van der Waals surface area contributed by atoms with Gasteiger partial charge in [-0.3, -0.25) is 9.89 Å². The Bertz CT molecular complexity index is 1110. The van der Waals surface area contributed by atoms with E-state index in [0.29, 0.717) is 17.9 Å². The number of amides is 1. The SMILES string of the molecule is COc1ccccc1-c1cc(C(=O)N(C)CCn2ccc3ccccc32)[nH]n1. The zero-order valence-electron chi connectivity index (χ0n) is 15.9. The third kappa shape index (κ3) is 3.36. The van der Waals surface area contributed by atoms with Crippen molar-refractivity contribution in [3.63, 3.8) is 0 Å². The molecule has 0 aliphatic carbocycles. The lowest BCUT2D eigenvalue weighted by molar-refractivity contribution is 0.0785. The number of ether oxygens (including phenoxy) is 1. The van der Waals surface area contributed by atoms with Crippen LogP contribution in [0.1, 0.15) is 10.5 Å². The molecule has 0 aliphatic rings. The van der Waals surface area contributed by atoms with Gasteiger partial charge in [0.25, 0.3) is 5.91 Å². The first kappa shape index (κ1) is 17.9. The first-order valence-electron chi connectivity index (χ1n) is 9.15. The molecular weight excluding hydrogens is 352 g/mol. The van der Waals surface area contributed by atoms with E-state index < -0.39 is 0 Å². The van der Waals surface area contributed by atoms with E-state index in [1.807, 2.05) is 36.4 Å². The second-order valence-corrected chi connectivity index (χ2v) is 6.66. The van der Waals surface area contributed by atoms with Gasteiger partial charge in [-0.05, 0) is 35.7 Å². The van der Waals surface area contributed by atoms with Crippen molar-refractivity contribution in [2.75, 3.05) is 20.7 Å². The Morgan fingerprint density at radius 1 is 1.14 bits per heavy atom. The fourth-order valence-corrected chi connectivity index (χ4v) is 3.33. The number of carbonyl (C=O) groups is 1. The summed E-state index contributed by atoms with van der Waals surface area (Å²) >= 11 is 0. The van der Waals surface area contributed by atoms with E-state index in [0.717, 1.165) is 17.9 Å². The highest BCUT2D eigenvalue weighted by Crippen LogP contribution is 2.28. The van der Waals surface area contributed by atoms with Crippen molar-refractivity contribution in [3.05, 3.63) is 72.6 Å². The minimum Gasteiger partial charge on any atom is -0.496 e. The fraction of sp³-hybridized carbons (Fsp3) is 0.182. The number of para-hydroxylation sites is 2. The number of methoxy groups -OCH3 is 1. The van der Waals surface area contributed by atoms with E-state index in [4.69, 9.17) is 4.74 Å². The zero-order valence-corrected chi connectivity index (χ0v) is 15.9. The van der Waals surface area contributed by atoms with Gasteiger partial charge in [-0.15, -0.1) is 0 Å². The number of hydrogen-bond acceptors (Lipinski definition) is 3. The first-order chi connectivity index (χ1) is 13.7. The molecule has 0 atom stereocenters. The molecule has 28 heavy (non-hydrogen) atoms. The number of likely N-dealkylation sites (N-methyl/N-ethyl adjacent to an activating group) is 1. The number of nitrogens with zero attached hydrogens (tertiary/aromatic N) is 3. The van der Waals surface area contributed by atoms with Gasteiger partial charge in [-0.25, -0.2) is 0 Å². The third-order valence-electron chi connectivity index (χ3n) is 4.89. The molecule has 4 aromatic rings. The van der Waals surface area contributed by atoms with Gasteiger partial charge in [0.05, 0.1) is 12.8 Å². The van der Waals surface area contributed by atoms with Crippen LogP contribution in [0.5, 0.6) is 5.75 Å². The van der Waals surface area contributed by atoms with Gasteiger partial charge in [0.2, 0.25) is 0 Å². The summed E-state index contributed by atoms with van der Waals surface area (Å²) in [5.74, 6) is 0.631. The number of hydrogen-bond donors (Lipinski definition) is 1. The number of nitrogens with one attached hydrogen (secondary N) is 1. The Hall–Kier alpha value is -3.54. The maximum Gasteiger partial charge on any atom is 0.271 e. The summed E-state index contributed by atoms with van der Waals surface area (Å²) in [6.45, 7) is 1.32. The van der Waals surface area contributed by atoms with Gasteiger partial charge in [0.15, 0.2) is 0 Å². The lowest BCUT2D eigenvalue weighted by Crippen LogP contribution is -2.30. The normalized spacial score (nSPS) is 10.9. The Morgan fingerprint density at radius 2 is 1.93 bits per heavy atom. The van der Waals surface area contributed by atoms with E-state index in [1.54, 1.807) is 25.1 Å². The van der Waals surface area contributed by atoms with Crippen LogP contribution >= 0.6 is 0 Å². The lowest BCUT2D eigenvalue weighted by atomic mass is 10.1. The number of aromatic amines is 1. The highest BCUT2D eigenvalue weighted by Gasteiger charge is 2.17. The number of aromatic nitrogens is 3. The predicted octanol–water partition coefficient (Wildman–Crippen LogP) is 3.81. The van der Waals surface area contributed by atoms with Crippen LogP contribution in [-0.2, 0) is 6.54 Å². The largest absolute Gasteiger partial charge is 0.496 e. The fourth-order valence-electron chi connectivity index (χ4n) is 3.33. The van der Waals surface area contributed by atoms with E-state index >= 15 is 0 Å². The first-order valence-corrected chi connectivity index (χ1v) is 9.15. The average Bonchev–Trinajstić information content (AvgIpc) is 3.39. The number of benzene rings is 2. The van der Waals surface area contributed by atoms with Gasteiger partial charge in [-0.1, -0.05) is 30.3 Å². The van der Waals surface area contributed by atoms with Crippen LogP contribution in [0.3, 0.4) is 0 Å². The van der Waals surface area contributed by atoms with Crippen molar-refractivity contribution in [2.45, 2.75) is 6.54 Å². The van der Waals surface area contributed by atoms with Crippen LogP contribution in [0.25, 0.3) is 22.2 Å². The summed E-state index contributed by atoms with van der Waals surface area (Å²) in [6.07, 6.45) is 2.05. The molecule has 0 bridgehead atoms. The molecule has 0 saturated heterocycles. The summed E-state index contributed by atoms with van der Waals surface area (Å²) in [5, 5.41) is 8.35. The molecule has 0 spiro atoms. The summed E-state index contributed by atoms with van der Waals surface area (Å²) in [4.78, 5) is 14.5. The van der Waals surface area contributed by atoms with Crippen LogP contribution < -0.4 is 4.74 Å². The van der Waals surface area contributed by atoms with Crippen molar-refractivity contribution in [3.8, 4) is 17.0 Å². The Kier molecular flexibility index (Phi) is 4.85. The lowest BCUT2D eigenvalue weighted by Gasteiger charge is -2.17. The number of H-pyrrole nitrogens is 1. The van der Waals surface area contributed by atoms with Crippen molar-refractivity contribution in [1.82, 2.24) is 19.7 Å². The molecule has 142 valence electrons. The van der Waals surface area contributed by atoms with E-state index in [-0.39, 0.29) is 5.91 Å². The number of carbonyl (C=O) groups excluding carboxylic acids is 1. The average molecular weight is 374 g/mol. The second kappa shape index (κ2) is 7.60. The maximum absolute atomic E-state index is 12.8. The molecule has 4 rings (SSSR count). The topological polar surface area (TPSA) is 63.1 Å². The quantitative estimate of drug-likeness (QED) is 0.558. The van der Waals surface area contributed by atoms with Crippen LogP contribution in [0.2, 0.25) is 0 Å². The number of fused-ring (bicyclic) bond motifs is 1. The highest BCUT2D eigenvalue weighted by molar-refractivity contribution is 5.93. The number of rotatable bonds is 6. The summed E-state index contributed by atoms with van der Waals surface area (Å²) < 4.78 is 7.54. The minimum absolute atomic E-state index is 0.0925. The zero-order chi connectivity index (χ0) is 19.5. The van der Waals surface area contributed by atoms with Gasteiger partial charge < -0.3 is 14.2 Å². The van der Waals surface area contributed by atoms with Crippen LogP contribution in [0.4, 0.5) is 0 Å². The standard InChI is InChI=1S/C22H22N4O2/c1-25(13-14-26-12-11-16-7-3-5-9-20(16)26)22(27)19-15-18(23-24-19)17-8-4-6-10-21(17)28-2/h3-12,15H,13-14H2,1-2H3,(H,23,24). The summed E-state index contributed by atoms with van der Waals surface area (Å²) in [6, 6.07) is 19.7. The van der Waals surface area contributed by atoms with E-state index in [1.165, 1.54) is 10.9 Å². The van der Waals surface area contributed by atoms with E-state index in [2.05, 4.69) is 39.2 Å². The Morgan fingerprint density at radius 3 is 2.79 bits per heavy atom. The molecular formula is C22H22N4O2. The Balaban J connectivity index is 1.46. The van der Waals surface area contributed by atoms with Gasteiger partial charge in [0, 0.05) is 37.4 Å². The molecule has 1 amide bonds. The molecule has 0 fully saturated rings. The van der Waals surface area contributed by atoms with Gasteiger partial charge >= 0.3 is 0 Å². The smallest absolute Gasteiger partial charge is 0.271 e. The summed E-state index contributed by atoms with van der Waals surface area (Å²) in [7, 11) is 3.42. The van der Waals surface area contributed by atoms with Crippen molar-refractivity contribution in [2.24, 2.45) is 0 Å². The monoisotopic (exact) mass is 374 g/mol. The van der Waals surface area contributed by atoms with Gasteiger partial charge in [0.1, 0.15) is 11.4 Å². The van der Waals surface area contributed by atoms with Crippen LogP contribution in [0, 0.1) is 0 Å². The highest BCUT2D eigenvalue weighted by atomic mass is 16.5. The van der Waals surface area contributed by atoms with Gasteiger partial charge in [-0.2, -0.15) is 5.10 Å². The predicted molar refractivity (Wildman–Crippen MR) is 109 cm³/mol. The molecule has 0 radical (unpaired) electrons. The maximum atomic E-state index is 12.8. The van der Waals surface area contributed by atoms with Crippen molar-refractivity contribution >= 4 is 16.8 Å². The molecule has 6 heteroatoms. The molecule has 2 heterocycles. The van der Waals surface area contributed by atoms with Crippen molar-refractivity contribution in [1.29, 1.82) is 0 Å². The second-order valence-electron chi connectivity index (χ2n) is 6.66. The third-order valence-corrected chi connectivity index (χ3v) is 4.89. The molecule has 0 aliphatic heterocycles. The molecule has 0 saturated carbocycles. The van der Waals surface area contributed by atoms with Crippen LogP contribution in [0.15, 0.2) is 66.9 Å². The van der Waals surface area contributed by atoms with Crippen molar-refractivity contribution < 1.29 is 9.53 Å². The summed E-state index contributed by atoms with van der Waals surface area (Å²) in [5.41, 5.74) is 3.16. The molecule has 0 unspecified atom stereocenters. The Labute approximate surface area is 163 Å². The molecule has 6 nitrogen and oxygen atoms in total. The molecule has 2 aromatic heterocycles. The van der Waals surface area contributed by atoms with E-state index in [9.17, 15) is 4.79 Å². The molecule has 2 aromatic carbocycles.